The average Bonchev–Trinajstić information content (AvgIpc) is 2.73. The number of H-pyrrole nitrogens is 1. The molecular formula is C23H24N4O5. The van der Waals surface area contributed by atoms with Gasteiger partial charge in [-0.25, -0.2) is 4.98 Å². The van der Waals surface area contributed by atoms with Gasteiger partial charge in [0, 0.05) is 17.8 Å². The van der Waals surface area contributed by atoms with Crippen molar-refractivity contribution in [2.75, 3.05) is 5.32 Å². The lowest BCUT2D eigenvalue weighted by Gasteiger charge is -2.19. The Morgan fingerprint density at radius 1 is 1.09 bits per heavy atom. The first-order valence-electron chi connectivity index (χ1n) is 10.2. The third kappa shape index (κ3) is 4.72. The highest BCUT2D eigenvalue weighted by molar-refractivity contribution is 6.41. The van der Waals surface area contributed by atoms with Crippen molar-refractivity contribution >= 4 is 34.1 Å². The van der Waals surface area contributed by atoms with Crippen molar-refractivity contribution in [1.29, 1.82) is 0 Å². The average molecular weight is 436 g/mol. The summed E-state index contributed by atoms with van der Waals surface area (Å²) >= 11 is 0. The molecule has 166 valence electrons. The third-order valence-electron chi connectivity index (χ3n) is 5.15. The number of carbonyl (C=O) groups is 2. The van der Waals surface area contributed by atoms with Gasteiger partial charge in [0.15, 0.2) is 0 Å². The van der Waals surface area contributed by atoms with Gasteiger partial charge in [-0.3, -0.25) is 24.5 Å². The van der Waals surface area contributed by atoms with Gasteiger partial charge in [-0.1, -0.05) is 45.9 Å². The largest absolute Gasteiger partial charge is 0.319 e. The van der Waals surface area contributed by atoms with E-state index in [0.29, 0.717) is 5.69 Å². The lowest BCUT2D eigenvalue weighted by atomic mass is 9.92. The van der Waals surface area contributed by atoms with E-state index in [1.807, 2.05) is 45.9 Å². The molecule has 0 spiro atoms. The number of nitrogens with zero attached hydrogens (tertiary/aromatic N) is 2. The van der Waals surface area contributed by atoms with E-state index < -0.39 is 28.6 Å². The van der Waals surface area contributed by atoms with E-state index in [2.05, 4.69) is 15.3 Å². The summed E-state index contributed by atoms with van der Waals surface area (Å²) in [4.78, 5) is 54.6. The first kappa shape index (κ1) is 22.8. The predicted molar refractivity (Wildman–Crippen MR) is 121 cm³/mol. The van der Waals surface area contributed by atoms with E-state index in [-0.39, 0.29) is 34.3 Å². The van der Waals surface area contributed by atoms with Crippen molar-refractivity contribution in [3.63, 3.8) is 0 Å². The number of carbonyl (C=O) groups excluding carboxylic acids is 2. The number of benzene rings is 2. The van der Waals surface area contributed by atoms with E-state index in [1.54, 1.807) is 0 Å². The summed E-state index contributed by atoms with van der Waals surface area (Å²) in [6, 6.07) is 9.56. The number of non-ortho nitro benzene ring substituents is 1. The molecule has 1 aromatic heterocycles. The summed E-state index contributed by atoms with van der Waals surface area (Å²) in [5.41, 5.74) is 1.91. The molecule has 0 fully saturated rings. The van der Waals surface area contributed by atoms with Gasteiger partial charge in [0.25, 0.3) is 17.2 Å². The smallest absolute Gasteiger partial charge is 0.292 e. The number of para-hydroxylation sites is 1. The number of nitrogens with one attached hydrogen (secondary N) is 2. The summed E-state index contributed by atoms with van der Waals surface area (Å²) in [5, 5.41) is 13.6. The van der Waals surface area contributed by atoms with Crippen LogP contribution in [0.4, 0.5) is 11.4 Å². The van der Waals surface area contributed by atoms with Crippen LogP contribution in [0.5, 0.6) is 0 Å². The van der Waals surface area contributed by atoms with Gasteiger partial charge in [0.1, 0.15) is 5.69 Å². The Labute approximate surface area is 184 Å². The van der Waals surface area contributed by atoms with Crippen LogP contribution >= 0.6 is 0 Å². The summed E-state index contributed by atoms with van der Waals surface area (Å²) in [6.45, 7) is 8.00. The molecule has 2 N–H and O–H groups in total. The van der Waals surface area contributed by atoms with E-state index in [9.17, 15) is 24.5 Å². The van der Waals surface area contributed by atoms with Gasteiger partial charge in [-0.2, -0.15) is 0 Å². The number of aromatic amines is 1. The zero-order valence-electron chi connectivity index (χ0n) is 18.3. The molecule has 32 heavy (non-hydrogen) atoms. The zero-order valence-corrected chi connectivity index (χ0v) is 18.3. The molecule has 3 aromatic rings. The molecule has 9 nitrogen and oxygen atoms in total. The Morgan fingerprint density at radius 3 is 2.28 bits per heavy atom. The number of fused-ring (bicyclic) bond motifs is 1. The number of hydrogen-bond donors (Lipinski definition) is 2. The SMILES string of the molecule is CC(C)c1cccc(C(C)C)c1NC(=O)C(=O)Cc1nc2ccc([N+](=O)[O-])cc2[nH]c1=O. The number of anilines is 1. The summed E-state index contributed by atoms with van der Waals surface area (Å²) in [6.07, 6.45) is -0.491. The molecule has 1 heterocycles. The second kappa shape index (κ2) is 9.09. The van der Waals surface area contributed by atoms with Crippen LogP contribution in [0.25, 0.3) is 11.0 Å². The lowest BCUT2D eigenvalue weighted by molar-refractivity contribution is -0.384. The molecule has 1 amide bonds. The highest BCUT2D eigenvalue weighted by atomic mass is 16.6. The fourth-order valence-electron chi connectivity index (χ4n) is 3.46. The molecule has 0 bridgehead atoms. The van der Waals surface area contributed by atoms with Gasteiger partial charge < -0.3 is 10.3 Å². The third-order valence-corrected chi connectivity index (χ3v) is 5.15. The quantitative estimate of drug-likeness (QED) is 0.328. The first-order valence-corrected chi connectivity index (χ1v) is 10.2. The molecule has 0 radical (unpaired) electrons. The minimum absolute atomic E-state index is 0.132. The maximum absolute atomic E-state index is 12.7. The van der Waals surface area contributed by atoms with Gasteiger partial charge in [0.05, 0.1) is 22.4 Å². The minimum atomic E-state index is -0.829. The molecule has 0 aliphatic rings. The number of Topliss-reactive ketones (excluding diaryl/α,β-unsaturated/α-hetero) is 1. The lowest BCUT2D eigenvalue weighted by Crippen LogP contribution is -2.29. The maximum atomic E-state index is 12.7. The monoisotopic (exact) mass is 436 g/mol. The van der Waals surface area contributed by atoms with E-state index in [0.717, 1.165) is 11.1 Å². The van der Waals surface area contributed by atoms with Crippen LogP contribution < -0.4 is 10.9 Å². The highest BCUT2D eigenvalue weighted by Gasteiger charge is 2.22. The minimum Gasteiger partial charge on any atom is -0.319 e. The molecule has 0 saturated heterocycles. The molecule has 0 aliphatic heterocycles. The zero-order chi connectivity index (χ0) is 23.6. The molecule has 0 aliphatic carbocycles. The van der Waals surface area contributed by atoms with Crippen LogP contribution in [0, 0.1) is 10.1 Å². The van der Waals surface area contributed by atoms with Gasteiger partial charge >= 0.3 is 0 Å². The molecule has 0 unspecified atom stereocenters. The summed E-state index contributed by atoms with van der Waals surface area (Å²) in [5.74, 6) is -1.37. The fourth-order valence-corrected chi connectivity index (χ4v) is 3.46. The second-order valence-corrected chi connectivity index (χ2v) is 8.15. The Morgan fingerprint density at radius 2 is 1.72 bits per heavy atom. The number of hydrogen-bond acceptors (Lipinski definition) is 6. The van der Waals surface area contributed by atoms with Crippen molar-refractivity contribution in [3.05, 3.63) is 73.7 Å². The molecular weight excluding hydrogens is 412 g/mol. The number of nitro benzene ring substituents is 1. The number of amides is 1. The van der Waals surface area contributed by atoms with Crippen LogP contribution in [0.3, 0.4) is 0 Å². The maximum Gasteiger partial charge on any atom is 0.292 e. The summed E-state index contributed by atoms with van der Waals surface area (Å²) in [7, 11) is 0. The van der Waals surface area contributed by atoms with Crippen molar-refractivity contribution in [1.82, 2.24) is 9.97 Å². The molecule has 3 rings (SSSR count). The Bertz CT molecular complexity index is 1250. The standard InChI is InChI=1S/C23H24N4O5/c1-12(2)15-6-5-7-16(13(3)4)21(15)26-23(30)20(28)11-19-22(29)25-18-10-14(27(31)32)8-9-17(18)24-19/h5-10,12-13H,11H2,1-4H3,(H,25,29)(H,26,30). The van der Waals surface area contributed by atoms with Crippen molar-refractivity contribution in [2.24, 2.45) is 0 Å². The van der Waals surface area contributed by atoms with Crippen molar-refractivity contribution < 1.29 is 14.5 Å². The van der Waals surface area contributed by atoms with Crippen molar-refractivity contribution in [2.45, 2.75) is 46.0 Å². The fraction of sp³-hybridized carbons (Fsp3) is 0.304. The van der Waals surface area contributed by atoms with Crippen LogP contribution in [-0.4, -0.2) is 26.6 Å². The number of rotatable bonds is 7. The van der Waals surface area contributed by atoms with E-state index >= 15 is 0 Å². The molecule has 9 heteroatoms. The summed E-state index contributed by atoms with van der Waals surface area (Å²) < 4.78 is 0. The predicted octanol–water partition coefficient (Wildman–Crippen LogP) is 3.83. The number of aromatic nitrogens is 2. The number of nitro groups is 1. The van der Waals surface area contributed by atoms with Crippen LogP contribution in [0.1, 0.15) is 56.4 Å². The second-order valence-electron chi connectivity index (χ2n) is 8.15. The van der Waals surface area contributed by atoms with Crippen LogP contribution in [0.2, 0.25) is 0 Å². The number of ketones is 1. The van der Waals surface area contributed by atoms with Gasteiger partial charge in [-0.05, 0) is 29.0 Å². The Kier molecular flexibility index (Phi) is 6.47. The van der Waals surface area contributed by atoms with E-state index in [1.165, 1.54) is 18.2 Å². The topological polar surface area (TPSA) is 135 Å². The van der Waals surface area contributed by atoms with Gasteiger partial charge in [-0.15, -0.1) is 0 Å². The highest BCUT2D eigenvalue weighted by Crippen LogP contribution is 2.32. The molecule has 0 saturated carbocycles. The first-order chi connectivity index (χ1) is 15.1. The van der Waals surface area contributed by atoms with Crippen LogP contribution in [-0.2, 0) is 16.0 Å². The van der Waals surface area contributed by atoms with E-state index in [4.69, 9.17) is 0 Å². The molecule has 2 aromatic carbocycles. The Balaban J connectivity index is 1.87. The Hall–Kier alpha value is -3.88. The molecule has 0 atom stereocenters. The van der Waals surface area contributed by atoms with Gasteiger partial charge in [0.2, 0.25) is 5.78 Å². The van der Waals surface area contributed by atoms with Crippen LogP contribution in [0.15, 0.2) is 41.2 Å². The van der Waals surface area contributed by atoms with Crippen molar-refractivity contribution in [3.8, 4) is 0 Å². The normalized spacial score (nSPS) is 11.2.